The van der Waals surface area contributed by atoms with Crippen LogP contribution in [0.2, 0.25) is 0 Å². The van der Waals surface area contributed by atoms with Gasteiger partial charge in [-0.15, -0.1) is 0 Å². The number of hydrogen-bond donors (Lipinski definition) is 2. The normalized spacial score (nSPS) is 15.1. The number of benzene rings is 2. The smallest absolute Gasteiger partial charge is 0.270 e. The molecule has 150 valence electrons. The van der Waals surface area contributed by atoms with E-state index in [1.807, 2.05) is 43.3 Å². The molecule has 1 aliphatic rings. The van der Waals surface area contributed by atoms with Gasteiger partial charge < -0.3 is 5.32 Å². The molecular weight excluding hydrogens is 388 g/mol. The molecule has 0 unspecified atom stereocenters. The average Bonchev–Trinajstić information content (AvgIpc) is 3.46. The molecule has 1 heterocycles. The van der Waals surface area contributed by atoms with Crippen molar-refractivity contribution in [3.8, 4) is 5.69 Å². The van der Waals surface area contributed by atoms with Crippen molar-refractivity contribution < 1.29 is 13.2 Å². The van der Waals surface area contributed by atoms with E-state index < -0.39 is 10.0 Å². The van der Waals surface area contributed by atoms with Gasteiger partial charge in [-0.1, -0.05) is 30.3 Å². The van der Waals surface area contributed by atoms with Crippen LogP contribution in [-0.2, 0) is 10.0 Å². The van der Waals surface area contributed by atoms with Crippen LogP contribution in [-0.4, -0.2) is 24.1 Å². The second kappa shape index (κ2) is 7.46. The zero-order valence-corrected chi connectivity index (χ0v) is 16.8. The molecule has 2 aromatic carbocycles. The first-order valence-corrected chi connectivity index (χ1v) is 11.0. The predicted molar refractivity (Wildman–Crippen MR) is 109 cm³/mol. The summed E-state index contributed by atoms with van der Waals surface area (Å²) in [6, 6.07) is 17.3. The van der Waals surface area contributed by atoms with Gasteiger partial charge in [-0.2, -0.15) is 5.10 Å². The summed E-state index contributed by atoms with van der Waals surface area (Å²) >= 11 is 0. The number of nitrogens with two attached hydrogens (primary N) is 1. The fourth-order valence-corrected chi connectivity index (χ4v) is 3.72. The van der Waals surface area contributed by atoms with Gasteiger partial charge >= 0.3 is 0 Å². The molecule has 1 saturated carbocycles. The summed E-state index contributed by atoms with van der Waals surface area (Å²) in [7, 11) is -3.75. The lowest BCUT2D eigenvalue weighted by atomic mass is 10.1. The Morgan fingerprint density at radius 3 is 2.38 bits per heavy atom. The molecule has 8 heteroatoms. The van der Waals surface area contributed by atoms with Gasteiger partial charge in [0.1, 0.15) is 5.69 Å². The highest BCUT2D eigenvalue weighted by Gasteiger charge is 2.29. The van der Waals surface area contributed by atoms with E-state index in [2.05, 4.69) is 10.4 Å². The molecule has 0 aliphatic heterocycles. The number of nitrogens with one attached hydrogen (secondary N) is 1. The lowest BCUT2D eigenvalue weighted by molar-refractivity contribution is 0.0932. The number of carbonyl (C=O) groups is 1. The predicted octanol–water partition coefficient (Wildman–Crippen LogP) is 2.89. The highest BCUT2D eigenvalue weighted by atomic mass is 32.2. The van der Waals surface area contributed by atoms with Crippen LogP contribution in [0.25, 0.3) is 5.69 Å². The molecule has 1 fully saturated rings. The maximum atomic E-state index is 13.0. The van der Waals surface area contributed by atoms with Crippen LogP contribution < -0.4 is 10.5 Å². The Bertz CT molecular complexity index is 1130. The van der Waals surface area contributed by atoms with E-state index in [1.54, 1.807) is 16.8 Å². The van der Waals surface area contributed by atoms with Gasteiger partial charge in [0.05, 0.1) is 22.3 Å². The van der Waals surface area contributed by atoms with E-state index >= 15 is 0 Å². The van der Waals surface area contributed by atoms with E-state index in [-0.39, 0.29) is 16.8 Å². The fourth-order valence-electron chi connectivity index (χ4n) is 3.21. The van der Waals surface area contributed by atoms with Crippen molar-refractivity contribution in [2.24, 2.45) is 5.14 Å². The molecule has 4 rings (SSSR count). The maximum absolute atomic E-state index is 13.0. The standard InChI is InChI=1S/C21H22N4O3S/c1-14(15-9-11-18(12-10-15)29(22,27)28)23-21(26)20-13-19(16-7-8-16)24-25(20)17-5-3-2-4-6-17/h2-6,9-14,16H,7-8H2,1H3,(H,23,26)(H2,22,27,28)/t14-/m1/s1. The first kappa shape index (κ1) is 19.4. The van der Waals surface area contributed by atoms with Crippen LogP contribution in [0.5, 0.6) is 0 Å². The first-order chi connectivity index (χ1) is 13.8. The van der Waals surface area contributed by atoms with Crippen LogP contribution in [0, 0.1) is 0 Å². The SMILES string of the molecule is C[C@@H](NC(=O)c1cc(C2CC2)nn1-c1ccccc1)c1ccc(S(N)(=O)=O)cc1. The summed E-state index contributed by atoms with van der Waals surface area (Å²) in [6.45, 7) is 1.84. The third-order valence-electron chi connectivity index (χ3n) is 5.01. The second-order valence-electron chi connectivity index (χ2n) is 7.29. The number of primary sulfonamides is 1. The van der Waals surface area contributed by atoms with Gasteiger partial charge in [0.15, 0.2) is 0 Å². The lowest BCUT2D eigenvalue weighted by Crippen LogP contribution is -2.28. The molecule has 1 aromatic heterocycles. The van der Waals surface area contributed by atoms with Crippen LogP contribution in [0.3, 0.4) is 0 Å². The average molecular weight is 410 g/mol. The molecule has 3 aromatic rings. The molecule has 0 radical (unpaired) electrons. The molecular formula is C21H22N4O3S. The van der Waals surface area contributed by atoms with Crippen LogP contribution in [0.15, 0.2) is 65.6 Å². The maximum Gasteiger partial charge on any atom is 0.270 e. The zero-order valence-electron chi connectivity index (χ0n) is 15.9. The zero-order chi connectivity index (χ0) is 20.6. The summed E-state index contributed by atoms with van der Waals surface area (Å²) in [4.78, 5) is 13.1. The number of hydrogen-bond acceptors (Lipinski definition) is 4. The van der Waals surface area contributed by atoms with Crippen molar-refractivity contribution in [1.82, 2.24) is 15.1 Å². The molecule has 0 bridgehead atoms. The van der Waals surface area contributed by atoms with Crippen molar-refractivity contribution in [3.63, 3.8) is 0 Å². The number of aromatic nitrogens is 2. The molecule has 1 atom stereocenters. The Morgan fingerprint density at radius 2 is 1.79 bits per heavy atom. The van der Waals surface area contributed by atoms with Gasteiger partial charge in [-0.05, 0) is 55.7 Å². The van der Waals surface area contributed by atoms with Crippen LogP contribution in [0.1, 0.15) is 53.5 Å². The Labute approximate surface area is 169 Å². The summed E-state index contributed by atoms with van der Waals surface area (Å²) in [5.74, 6) is 0.186. The minimum Gasteiger partial charge on any atom is -0.344 e. The van der Waals surface area contributed by atoms with Crippen molar-refractivity contribution in [2.75, 3.05) is 0 Å². The van der Waals surface area contributed by atoms with E-state index in [9.17, 15) is 13.2 Å². The summed E-state index contributed by atoms with van der Waals surface area (Å²) < 4.78 is 24.5. The van der Waals surface area contributed by atoms with E-state index in [4.69, 9.17) is 5.14 Å². The van der Waals surface area contributed by atoms with Crippen LogP contribution in [0.4, 0.5) is 0 Å². The van der Waals surface area contributed by atoms with Crippen molar-refractivity contribution in [2.45, 2.75) is 36.6 Å². The summed E-state index contributed by atoms with van der Waals surface area (Å²) in [5.41, 5.74) is 3.02. The van der Waals surface area contributed by atoms with Crippen molar-refractivity contribution in [1.29, 1.82) is 0 Å². The van der Waals surface area contributed by atoms with Gasteiger partial charge in [-0.3, -0.25) is 4.79 Å². The number of amides is 1. The molecule has 29 heavy (non-hydrogen) atoms. The van der Waals surface area contributed by atoms with Crippen molar-refractivity contribution in [3.05, 3.63) is 77.6 Å². The van der Waals surface area contributed by atoms with Gasteiger partial charge in [0.25, 0.3) is 5.91 Å². The molecule has 3 N–H and O–H groups in total. The lowest BCUT2D eigenvalue weighted by Gasteiger charge is -2.15. The van der Waals surface area contributed by atoms with Gasteiger partial charge in [0.2, 0.25) is 10.0 Å². The largest absolute Gasteiger partial charge is 0.344 e. The first-order valence-electron chi connectivity index (χ1n) is 9.42. The second-order valence-corrected chi connectivity index (χ2v) is 8.85. The Morgan fingerprint density at radius 1 is 1.14 bits per heavy atom. The van der Waals surface area contributed by atoms with E-state index in [0.717, 1.165) is 29.8 Å². The van der Waals surface area contributed by atoms with E-state index in [1.165, 1.54) is 12.1 Å². The molecule has 7 nitrogen and oxygen atoms in total. The molecule has 1 aliphatic carbocycles. The fraction of sp³-hybridized carbons (Fsp3) is 0.238. The number of para-hydroxylation sites is 1. The molecule has 0 saturated heterocycles. The third kappa shape index (κ3) is 4.23. The van der Waals surface area contributed by atoms with Gasteiger partial charge in [-0.25, -0.2) is 18.2 Å². The number of sulfonamides is 1. The Hall–Kier alpha value is -2.97. The quantitative estimate of drug-likeness (QED) is 0.651. The molecule has 0 spiro atoms. The number of carbonyl (C=O) groups excluding carboxylic acids is 1. The van der Waals surface area contributed by atoms with Crippen LogP contribution >= 0.6 is 0 Å². The summed E-state index contributed by atoms with van der Waals surface area (Å²) in [6.07, 6.45) is 2.19. The highest BCUT2D eigenvalue weighted by molar-refractivity contribution is 7.89. The number of nitrogens with zero attached hydrogens (tertiary/aromatic N) is 2. The summed E-state index contributed by atoms with van der Waals surface area (Å²) in [5, 5.41) is 12.8. The number of rotatable bonds is 6. The molecule has 1 amide bonds. The van der Waals surface area contributed by atoms with Crippen molar-refractivity contribution >= 4 is 15.9 Å². The highest BCUT2D eigenvalue weighted by Crippen LogP contribution is 2.39. The minimum absolute atomic E-state index is 0.0380. The topological polar surface area (TPSA) is 107 Å². The third-order valence-corrected chi connectivity index (χ3v) is 5.94. The monoisotopic (exact) mass is 410 g/mol. The minimum atomic E-state index is -3.75. The van der Waals surface area contributed by atoms with Gasteiger partial charge in [0, 0.05) is 5.92 Å². The van der Waals surface area contributed by atoms with E-state index in [0.29, 0.717) is 11.6 Å². The Balaban J connectivity index is 1.58. The Kier molecular flexibility index (Phi) is 4.97.